The maximum absolute atomic E-state index is 13.4. The lowest BCUT2D eigenvalue weighted by Gasteiger charge is -2.37. The number of allylic oxidation sites excluding steroid dienone is 1. The third kappa shape index (κ3) is 5.39. The minimum absolute atomic E-state index is 0.0600. The molecule has 0 radical (unpaired) electrons. The Kier molecular flexibility index (Phi) is 8.25. The van der Waals surface area contributed by atoms with Crippen molar-refractivity contribution in [3.05, 3.63) is 46.1 Å². The smallest absolute Gasteiger partial charge is 0.338 e. The summed E-state index contributed by atoms with van der Waals surface area (Å²) in [6.45, 7) is 6.64. The van der Waals surface area contributed by atoms with E-state index in [2.05, 4.69) is 5.32 Å². The fraction of sp³-hybridized carbons (Fsp3) is 0.500. The van der Waals surface area contributed by atoms with Crippen molar-refractivity contribution in [3.63, 3.8) is 0 Å². The molecule has 0 spiro atoms. The van der Waals surface area contributed by atoms with Gasteiger partial charge in [-0.1, -0.05) is 23.9 Å². The van der Waals surface area contributed by atoms with E-state index >= 15 is 0 Å². The van der Waals surface area contributed by atoms with Crippen LogP contribution in [-0.4, -0.2) is 61.5 Å². The molecule has 10 heteroatoms. The van der Waals surface area contributed by atoms with Gasteiger partial charge in [-0.2, -0.15) is 0 Å². The quantitative estimate of drug-likeness (QED) is 0.494. The summed E-state index contributed by atoms with van der Waals surface area (Å²) in [5.41, 5.74) is 2.41. The van der Waals surface area contributed by atoms with Gasteiger partial charge in [-0.15, -0.1) is 0 Å². The number of hydrogen-bond acceptors (Lipinski definition) is 9. The van der Waals surface area contributed by atoms with Gasteiger partial charge in [0.2, 0.25) is 5.91 Å². The SMILES string of the molecule is COc1cccc([C@@H]2C(C(=O)OC(C)C)=C(C)N=C3SC=C(CC(=O)NC[C@@H]4CCCO4)N32)c1OC. The fourth-order valence-electron chi connectivity index (χ4n) is 4.59. The van der Waals surface area contributed by atoms with Crippen molar-refractivity contribution in [3.8, 4) is 11.5 Å². The Morgan fingerprint density at radius 3 is 2.75 bits per heavy atom. The largest absolute Gasteiger partial charge is 0.493 e. The molecular formula is C26H33N3O6S. The van der Waals surface area contributed by atoms with Gasteiger partial charge in [0, 0.05) is 24.4 Å². The molecule has 4 rings (SSSR count). The number of carbonyl (C=O) groups is 2. The minimum Gasteiger partial charge on any atom is -0.493 e. The molecule has 2 atom stereocenters. The third-order valence-electron chi connectivity index (χ3n) is 6.18. The van der Waals surface area contributed by atoms with Crippen LogP contribution in [0.5, 0.6) is 11.5 Å². The zero-order chi connectivity index (χ0) is 25.8. The molecule has 3 aliphatic rings. The van der Waals surface area contributed by atoms with Crippen LogP contribution in [0.2, 0.25) is 0 Å². The highest BCUT2D eigenvalue weighted by molar-refractivity contribution is 8.16. The third-order valence-corrected chi connectivity index (χ3v) is 7.07. The summed E-state index contributed by atoms with van der Waals surface area (Å²) in [6, 6.07) is 4.94. The van der Waals surface area contributed by atoms with E-state index in [1.807, 2.05) is 36.3 Å². The Morgan fingerprint density at radius 2 is 2.08 bits per heavy atom. The number of esters is 1. The van der Waals surface area contributed by atoms with Crippen molar-refractivity contribution >= 4 is 28.8 Å². The summed E-state index contributed by atoms with van der Waals surface area (Å²) in [4.78, 5) is 32.9. The number of nitrogens with one attached hydrogen (secondary N) is 1. The van der Waals surface area contributed by atoms with Crippen LogP contribution >= 0.6 is 11.8 Å². The number of nitrogens with zero attached hydrogens (tertiary/aromatic N) is 2. The molecule has 0 aromatic heterocycles. The predicted molar refractivity (Wildman–Crippen MR) is 138 cm³/mol. The summed E-state index contributed by atoms with van der Waals surface area (Å²) in [6.07, 6.45) is 1.85. The van der Waals surface area contributed by atoms with Gasteiger partial charge in [0.25, 0.3) is 0 Å². The molecule has 1 aromatic carbocycles. The number of ether oxygens (including phenoxy) is 4. The average molecular weight is 516 g/mol. The lowest BCUT2D eigenvalue weighted by molar-refractivity contribution is -0.143. The summed E-state index contributed by atoms with van der Waals surface area (Å²) in [5.74, 6) is 0.472. The summed E-state index contributed by atoms with van der Waals surface area (Å²) in [5, 5.41) is 5.58. The van der Waals surface area contributed by atoms with Crippen LogP contribution in [0.3, 0.4) is 0 Å². The van der Waals surface area contributed by atoms with E-state index in [1.54, 1.807) is 27.2 Å². The molecule has 3 aliphatic heterocycles. The number of aliphatic imine (C=N–C) groups is 1. The van der Waals surface area contributed by atoms with Crippen molar-refractivity contribution < 1.29 is 28.5 Å². The van der Waals surface area contributed by atoms with E-state index in [1.165, 1.54) is 11.8 Å². The molecule has 1 saturated heterocycles. The molecule has 0 bridgehead atoms. The van der Waals surface area contributed by atoms with Gasteiger partial charge in [-0.3, -0.25) is 4.79 Å². The Labute approximate surface area is 215 Å². The highest BCUT2D eigenvalue weighted by atomic mass is 32.2. The standard InChI is InChI=1S/C26H33N3O6S/c1-15(2)35-25(31)22-16(3)28-26-29(23(22)19-9-6-10-20(32-4)24(19)33-5)17(14-36-26)12-21(30)27-13-18-8-7-11-34-18/h6,9-10,14-15,18,23H,7-8,11-13H2,1-5H3,(H,27,30)/t18-,23+/m0/s1. The van der Waals surface area contributed by atoms with Crippen LogP contribution in [0.4, 0.5) is 0 Å². The van der Waals surface area contributed by atoms with Gasteiger partial charge in [-0.05, 0) is 45.1 Å². The first-order chi connectivity index (χ1) is 17.3. The molecule has 1 fully saturated rings. The van der Waals surface area contributed by atoms with Crippen LogP contribution in [0.25, 0.3) is 0 Å². The number of thioether (sulfide) groups is 1. The van der Waals surface area contributed by atoms with Gasteiger partial charge in [0.1, 0.15) is 0 Å². The number of amidine groups is 1. The average Bonchev–Trinajstić information content (AvgIpc) is 3.51. The monoisotopic (exact) mass is 515 g/mol. The lowest BCUT2D eigenvalue weighted by Crippen LogP contribution is -2.39. The number of methoxy groups -OCH3 is 2. The first-order valence-electron chi connectivity index (χ1n) is 12.1. The first-order valence-corrected chi connectivity index (χ1v) is 13.0. The maximum Gasteiger partial charge on any atom is 0.338 e. The van der Waals surface area contributed by atoms with Crippen LogP contribution in [-0.2, 0) is 19.1 Å². The van der Waals surface area contributed by atoms with Gasteiger partial charge >= 0.3 is 5.97 Å². The number of benzene rings is 1. The Morgan fingerprint density at radius 1 is 1.28 bits per heavy atom. The summed E-state index contributed by atoms with van der Waals surface area (Å²) in [7, 11) is 3.13. The highest BCUT2D eigenvalue weighted by Crippen LogP contribution is 2.48. The van der Waals surface area contributed by atoms with E-state index in [9.17, 15) is 9.59 Å². The number of hydrogen-bond donors (Lipinski definition) is 1. The molecule has 1 N–H and O–H groups in total. The van der Waals surface area contributed by atoms with E-state index in [4.69, 9.17) is 23.9 Å². The maximum atomic E-state index is 13.4. The number of fused-ring (bicyclic) bond motifs is 1. The fourth-order valence-corrected chi connectivity index (χ4v) is 5.55. The molecule has 1 amide bonds. The first kappa shape index (κ1) is 26.1. The van der Waals surface area contributed by atoms with Crippen LogP contribution in [0, 0.1) is 0 Å². The van der Waals surface area contributed by atoms with Crippen molar-refractivity contribution in [2.45, 2.75) is 58.3 Å². The molecular weight excluding hydrogens is 482 g/mol. The summed E-state index contributed by atoms with van der Waals surface area (Å²) >= 11 is 1.42. The van der Waals surface area contributed by atoms with Crippen molar-refractivity contribution in [1.29, 1.82) is 0 Å². The van der Waals surface area contributed by atoms with Crippen molar-refractivity contribution in [2.75, 3.05) is 27.4 Å². The number of rotatable bonds is 9. The summed E-state index contributed by atoms with van der Waals surface area (Å²) < 4.78 is 22.5. The van der Waals surface area contributed by atoms with Crippen LogP contribution < -0.4 is 14.8 Å². The van der Waals surface area contributed by atoms with E-state index in [0.717, 1.165) is 25.1 Å². The Hall–Kier alpha value is -2.98. The Bertz CT molecular complexity index is 1110. The number of para-hydroxylation sites is 1. The molecule has 9 nitrogen and oxygen atoms in total. The number of amides is 1. The van der Waals surface area contributed by atoms with Crippen molar-refractivity contribution in [1.82, 2.24) is 10.2 Å². The molecule has 36 heavy (non-hydrogen) atoms. The van der Waals surface area contributed by atoms with E-state index < -0.39 is 12.0 Å². The second-order valence-corrected chi connectivity index (χ2v) is 9.88. The van der Waals surface area contributed by atoms with Crippen molar-refractivity contribution in [2.24, 2.45) is 4.99 Å². The minimum atomic E-state index is -0.610. The zero-order valence-corrected chi connectivity index (χ0v) is 22.1. The highest BCUT2D eigenvalue weighted by Gasteiger charge is 2.43. The topological polar surface area (TPSA) is 98.7 Å². The normalized spacial score (nSPS) is 21.2. The van der Waals surface area contributed by atoms with Gasteiger partial charge in [0.15, 0.2) is 16.7 Å². The zero-order valence-electron chi connectivity index (χ0n) is 21.3. The lowest BCUT2D eigenvalue weighted by atomic mass is 9.92. The molecule has 0 unspecified atom stereocenters. The van der Waals surface area contributed by atoms with Gasteiger partial charge in [-0.25, -0.2) is 9.79 Å². The molecule has 3 heterocycles. The van der Waals surface area contributed by atoms with Crippen LogP contribution in [0.1, 0.15) is 51.6 Å². The predicted octanol–water partition coefficient (Wildman–Crippen LogP) is 3.92. The number of carbonyl (C=O) groups excluding carboxylic acids is 2. The second kappa shape index (κ2) is 11.4. The molecule has 0 saturated carbocycles. The van der Waals surface area contributed by atoms with Gasteiger partial charge in [0.05, 0.1) is 50.2 Å². The molecule has 194 valence electrons. The molecule has 1 aromatic rings. The van der Waals surface area contributed by atoms with E-state index in [-0.39, 0.29) is 24.5 Å². The molecule has 0 aliphatic carbocycles. The van der Waals surface area contributed by atoms with E-state index in [0.29, 0.717) is 40.0 Å². The van der Waals surface area contributed by atoms with Gasteiger partial charge < -0.3 is 29.2 Å². The van der Waals surface area contributed by atoms with Crippen LogP contribution in [0.15, 0.2) is 45.6 Å². The Balaban J connectivity index is 1.69. The second-order valence-electron chi connectivity index (χ2n) is 9.05.